The Morgan fingerprint density at radius 2 is 1.86 bits per heavy atom. The minimum absolute atomic E-state index is 0.127. The quantitative estimate of drug-likeness (QED) is 0.878. The van der Waals surface area contributed by atoms with Crippen LogP contribution < -0.4 is 0 Å². The molecule has 0 aliphatic rings. The van der Waals surface area contributed by atoms with E-state index in [1.165, 1.54) is 48.1 Å². The van der Waals surface area contributed by atoms with E-state index in [2.05, 4.69) is 0 Å². The van der Waals surface area contributed by atoms with Crippen molar-refractivity contribution in [1.29, 1.82) is 0 Å². The van der Waals surface area contributed by atoms with Crippen molar-refractivity contribution in [3.8, 4) is 0 Å². The minimum atomic E-state index is -3.62. The molecular formula is C14H15NO5S. The summed E-state index contributed by atoms with van der Waals surface area (Å²) in [6.07, 6.45) is 2.84. The van der Waals surface area contributed by atoms with Gasteiger partial charge in [-0.15, -0.1) is 0 Å². The number of nitrogens with zero attached hydrogens (tertiary/aromatic N) is 1. The Hall–Kier alpha value is -2.12. The standard InChI is InChI=1S/C14H15NO5S/c1-15(9-12-6-7-20-10-12)21(18,19)13-4-2-11(3-5-13)8-14(16)17/h2-7,10H,8-9H2,1H3,(H,16,17). The van der Waals surface area contributed by atoms with Gasteiger partial charge >= 0.3 is 5.97 Å². The van der Waals surface area contributed by atoms with Crippen molar-refractivity contribution in [3.63, 3.8) is 0 Å². The van der Waals surface area contributed by atoms with Crippen LogP contribution >= 0.6 is 0 Å². The van der Waals surface area contributed by atoms with Gasteiger partial charge in [-0.3, -0.25) is 4.79 Å². The Morgan fingerprint density at radius 1 is 1.19 bits per heavy atom. The highest BCUT2D eigenvalue weighted by Crippen LogP contribution is 2.17. The first-order chi connectivity index (χ1) is 9.89. The summed E-state index contributed by atoms with van der Waals surface area (Å²) >= 11 is 0. The summed E-state index contributed by atoms with van der Waals surface area (Å²) in [5.41, 5.74) is 1.31. The highest BCUT2D eigenvalue weighted by Gasteiger charge is 2.21. The Morgan fingerprint density at radius 3 is 2.38 bits per heavy atom. The molecule has 2 rings (SSSR count). The molecule has 0 aliphatic carbocycles. The van der Waals surface area contributed by atoms with Crippen molar-refractivity contribution in [3.05, 3.63) is 54.0 Å². The van der Waals surface area contributed by atoms with Gasteiger partial charge in [0.2, 0.25) is 10.0 Å². The van der Waals surface area contributed by atoms with Gasteiger partial charge in [-0.1, -0.05) is 12.1 Å². The first-order valence-corrected chi connectivity index (χ1v) is 7.62. The molecule has 0 bridgehead atoms. The molecule has 21 heavy (non-hydrogen) atoms. The smallest absolute Gasteiger partial charge is 0.307 e. The van der Waals surface area contributed by atoms with Crippen molar-refractivity contribution in [1.82, 2.24) is 4.31 Å². The van der Waals surface area contributed by atoms with Crippen molar-refractivity contribution in [2.45, 2.75) is 17.9 Å². The topological polar surface area (TPSA) is 87.8 Å². The molecule has 7 heteroatoms. The largest absolute Gasteiger partial charge is 0.481 e. The fourth-order valence-corrected chi connectivity index (χ4v) is 3.02. The van der Waals surface area contributed by atoms with E-state index in [9.17, 15) is 13.2 Å². The Kier molecular flexibility index (Phi) is 4.44. The lowest BCUT2D eigenvalue weighted by atomic mass is 10.2. The van der Waals surface area contributed by atoms with Crippen LogP contribution in [-0.4, -0.2) is 30.8 Å². The van der Waals surface area contributed by atoms with E-state index in [1.54, 1.807) is 6.07 Å². The van der Waals surface area contributed by atoms with E-state index in [1.807, 2.05) is 0 Å². The van der Waals surface area contributed by atoms with Crippen molar-refractivity contribution < 1.29 is 22.7 Å². The maximum absolute atomic E-state index is 12.4. The molecule has 0 saturated carbocycles. The highest BCUT2D eigenvalue weighted by molar-refractivity contribution is 7.89. The summed E-state index contributed by atoms with van der Waals surface area (Å²) in [6, 6.07) is 7.54. The van der Waals surface area contributed by atoms with Gasteiger partial charge < -0.3 is 9.52 Å². The van der Waals surface area contributed by atoms with Gasteiger partial charge in [-0.05, 0) is 23.8 Å². The third-order valence-electron chi connectivity index (χ3n) is 2.97. The van der Waals surface area contributed by atoms with Gasteiger partial charge in [-0.25, -0.2) is 8.42 Å². The Bertz CT molecular complexity index is 704. The molecule has 6 nitrogen and oxygen atoms in total. The number of carboxylic acid groups (broad SMARTS) is 1. The van der Waals surface area contributed by atoms with E-state index < -0.39 is 16.0 Å². The van der Waals surface area contributed by atoms with Gasteiger partial charge in [-0.2, -0.15) is 4.31 Å². The fraction of sp³-hybridized carbons (Fsp3) is 0.214. The monoisotopic (exact) mass is 309 g/mol. The van der Waals surface area contributed by atoms with Crippen LogP contribution in [0.3, 0.4) is 0 Å². The lowest BCUT2D eigenvalue weighted by Crippen LogP contribution is -2.26. The van der Waals surface area contributed by atoms with E-state index in [4.69, 9.17) is 9.52 Å². The van der Waals surface area contributed by atoms with Crippen LogP contribution in [0.4, 0.5) is 0 Å². The molecule has 1 N–H and O–H groups in total. The van der Waals surface area contributed by atoms with Crippen LogP contribution in [0.15, 0.2) is 52.2 Å². The number of rotatable bonds is 6. The average Bonchev–Trinajstić information content (AvgIpc) is 2.91. The molecule has 0 atom stereocenters. The number of carboxylic acids is 1. The summed E-state index contributed by atoms with van der Waals surface area (Å²) < 4.78 is 30.9. The van der Waals surface area contributed by atoms with Crippen LogP contribution in [-0.2, 0) is 27.8 Å². The number of hydrogen-bond donors (Lipinski definition) is 1. The van der Waals surface area contributed by atoms with E-state index >= 15 is 0 Å². The number of furan rings is 1. The van der Waals surface area contributed by atoms with Crippen molar-refractivity contribution in [2.24, 2.45) is 0 Å². The van der Waals surface area contributed by atoms with E-state index in [0.717, 1.165) is 5.56 Å². The lowest BCUT2D eigenvalue weighted by Gasteiger charge is -2.16. The molecule has 0 spiro atoms. The van der Waals surface area contributed by atoms with Gasteiger partial charge in [0.05, 0.1) is 23.8 Å². The number of hydrogen-bond acceptors (Lipinski definition) is 4. The van der Waals surface area contributed by atoms with Crippen molar-refractivity contribution in [2.75, 3.05) is 7.05 Å². The predicted octanol–water partition coefficient (Wildman–Crippen LogP) is 1.73. The molecule has 0 aliphatic heterocycles. The molecule has 0 amide bonds. The van der Waals surface area contributed by atoms with E-state index in [0.29, 0.717) is 5.56 Å². The van der Waals surface area contributed by atoms with Crippen molar-refractivity contribution >= 4 is 16.0 Å². The second-order valence-corrected chi connectivity index (χ2v) is 6.65. The summed E-state index contributed by atoms with van der Waals surface area (Å²) in [7, 11) is -2.14. The maximum Gasteiger partial charge on any atom is 0.307 e. The fourth-order valence-electron chi connectivity index (χ4n) is 1.86. The van der Waals surface area contributed by atoms with Crippen LogP contribution in [0.1, 0.15) is 11.1 Å². The van der Waals surface area contributed by atoms with Crippen LogP contribution in [0, 0.1) is 0 Å². The molecule has 1 aromatic carbocycles. The maximum atomic E-state index is 12.4. The summed E-state index contributed by atoms with van der Waals surface area (Å²) in [4.78, 5) is 10.7. The second-order valence-electron chi connectivity index (χ2n) is 4.61. The van der Waals surface area contributed by atoms with Gasteiger partial charge in [0, 0.05) is 19.2 Å². The number of carbonyl (C=O) groups is 1. The molecule has 1 heterocycles. The minimum Gasteiger partial charge on any atom is -0.481 e. The second kappa shape index (κ2) is 6.11. The molecule has 0 radical (unpaired) electrons. The van der Waals surface area contributed by atoms with Gasteiger partial charge in [0.15, 0.2) is 0 Å². The Balaban J connectivity index is 2.16. The third-order valence-corrected chi connectivity index (χ3v) is 4.79. The lowest BCUT2D eigenvalue weighted by molar-refractivity contribution is -0.136. The highest BCUT2D eigenvalue weighted by atomic mass is 32.2. The molecule has 112 valence electrons. The van der Waals surface area contributed by atoms with Gasteiger partial charge in [0.25, 0.3) is 0 Å². The molecule has 0 saturated heterocycles. The number of benzene rings is 1. The zero-order chi connectivity index (χ0) is 15.5. The SMILES string of the molecule is CN(Cc1ccoc1)S(=O)(=O)c1ccc(CC(=O)O)cc1. The molecule has 1 aromatic heterocycles. The first kappa shape index (κ1) is 15.3. The Labute approximate surface area is 122 Å². The normalized spacial score (nSPS) is 11.7. The zero-order valence-electron chi connectivity index (χ0n) is 11.4. The number of sulfonamides is 1. The molecule has 2 aromatic rings. The van der Waals surface area contributed by atoms with Crippen LogP contribution in [0.2, 0.25) is 0 Å². The average molecular weight is 309 g/mol. The molecule has 0 fully saturated rings. The van der Waals surface area contributed by atoms with Crippen LogP contribution in [0.25, 0.3) is 0 Å². The summed E-state index contributed by atoms with van der Waals surface area (Å²) in [5.74, 6) is -0.956. The van der Waals surface area contributed by atoms with Gasteiger partial charge in [0.1, 0.15) is 0 Å². The molecule has 0 unspecified atom stereocenters. The predicted molar refractivity (Wildman–Crippen MR) is 75.1 cm³/mol. The molecular weight excluding hydrogens is 294 g/mol. The van der Waals surface area contributed by atoms with Crippen LogP contribution in [0.5, 0.6) is 0 Å². The number of aliphatic carboxylic acids is 1. The third kappa shape index (κ3) is 3.71. The first-order valence-electron chi connectivity index (χ1n) is 6.18. The summed E-state index contributed by atoms with van der Waals surface area (Å²) in [6.45, 7) is 0.204. The zero-order valence-corrected chi connectivity index (χ0v) is 12.2. The van der Waals surface area contributed by atoms with E-state index in [-0.39, 0.29) is 17.9 Å². The summed E-state index contributed by atoms with van der Waals surface area (Å²) in [5, 5.41) is 8.69.